The van der Waals surface area contributed by atoms with Gasteiger partial charge in [-0.1, -0.05) is 0 Å². The molecular formula is C20H19F8NO8S2. The zero-order chi connectivity index (χ0) is 30.2. The van der Waals surface area contributed by atoms with Gasteiger partial charge in [-0.3, -0.25) is 14.0 Å². The standard InChI is InChI=1S/C20H19F8NO8S2/c1-20(2,3)29(4-6-36-16-8(21)12(25)18(38(30,31)32)13(26)9(16)22)5-7-37-17-10(23)14(27)19(39(33,34)35)15(28)11(17)24/h4-7H2,1-3H3,(H,30,31,32)(H,33,34,35). The summed E-state index contributed by atoms with van der Waals surface area (Å²) >= 11 is 0. The molecular weight excluding hydrogens is 598 g/mol. The lowest BCUT2D eigenvalue weighted by Gasteiger charge is -2.35. The second kappa shape index (κ2) is 11.4. The molecule has 0 radical (unpaired) electrons. The number of hydrogen-bond acceptors (Lipinski definition) is 7. The van der Waals surface area contributed by atoms with E-state index in [-0.39, 0.29) is 13.1 Å². The van der Waals surface area contributed by atoms with Crippen molar-refractivity contribution in [2.45, 2.75) is 36.1 Å². The smallest absolute Gasteiger partial charge is 0.300 e. The van der Waals surface area contributed by atoms with Crippen molar-refractivity contribution in [3.63, 3.8) is 0 Å². The monoisotopic (exact) mass is 617 g/mol. The molecule has 0 heterocycles. The Kier molecular flexibility index (Phi) is 9.49. The highest BCUT2D eigenvalue weighted by Crippen LogP contribution is 2.34. The molecule has 2 aromatic carbocycles. The van der Waals surface area contributed by atoms with E-state index in [0.29, 0.717) is 0 Å². The summed E-state index contributed by atoms with van der Waals surface area (Å²) in [4.78, 5) is -3.19. The highest BCUT2D eigenvalue weighted by atomic mass is 32.2. The van der Waals surface area contributed by atoms with Crippen molar-refractivity contribution in [2.75, 3.05) is 26.3 Å². The van der Waals surface area contributed by atoms with Crippen molar-refractivity contribution in [1.29, 1.82) is 0 Å². The third-order valence-electron chi connectivity index (χ3n) is 5.05. The van der Waals surface area contributed by atoms with E-state index in [4.69, 9.17) is 18.6 Å². The summed E-state index contributed by atoms with van der Waals surface area (Å²) < 4.78 is 183. The van der Waals surface area contributed by atoms with Gasteiger partial charge in [-0.05, 0) is 20.8 Å². The Morgan fingerprint density at radius 2 is 0.846 bits per heavy atom. The van der Waals surface area contributed by atoms with E-state index in [1.54, 1.807) is 20.8 Å². The molecule has 0 bridgehead atoms. The van der Waals surface area contributed by atoms with Crippen LogP contribution in [0.25, 0.3) is 0 Å². The fourth-order valence-corrected chi connectivity index (χ4v) is 4.45. The van der Waals surface area contributed by atoms with Gasteiger partial charge in [-0.15, -0.1) is 0 Å². The molecule has 0 aliphatic carbocycles. The van der Waals surface area contributed by atoms with Crippen LogP contribution in [0.1, 0.15) is 20.8 Å². The van der Waals surface area contributed by atoms with E-state index in [9.17, 15) is 52.0 Å². The first-order valence-electron chi connectivity index (χ1n) is 10.3. The van der Waals surface area contributed by atoms with Gasteiger partial charge in [0.1, 0.15) is 13.2 Å². The van der Waals surface area contributed by atoms with E-state index in [2.05, 4.69) is 0 Å². The largest absolute Gasteiger partial charge is 0.486 e. The first kappa shape index (κ1) is 32.5. The number of nitrogens with zero attached hydrogens (tertiary/aromatic N) is 1. The predicted octanol–water partition coefficient (Wildman–Crippen LogP) is 3.85. The molecule has 0 unspecified atom stereocenters. The molecule has 9 nitrogen and oxygen atoms in total. The second-order valence-corrected chi connectivity index (χ2v) is 11.4. The maximum Gasteiger partial charge on any atom is 0.300 e. The fourth-order valence-electron chi connectivity index (χ4n) is 3.19. The van der Waals surface area contributed by atoms with Crippen molar-refractivity contribution in [3.8, 4) is 11.5 Å². The van der Waals surface area contributed by atoms with Gasteiger partial charge in [0.15, 0.2) is 44.6 Å². The van der Waals surface area contributed by atoms with Crippen molar-refractivity contribution < 1.29 is 70.5 Å². The highest BCUT2D eigenvalue weighted by molar-refractivity contribution is 7.86. The molecule has 0 atom stereocenters. The minimum absolute atomic E-state index is 0.343. The van der Waals surface area contributed by atoms with Crippen molar-refractivity contribution in [1.82, 2.24) is 4.90 Å². The molecule has 2 rings (SSSR count). The lowest BCUT2D eigenvalue weighted by Crippen LogP contribution is -2.45. The topological polar surface area (TPSA) is 130 Å². The lowest BCUT2D eigenvalue weighted by atomic mass is 10.1. The maximum absolute atomic E-state index is 14.1. The zero-order valence-corrected chi connectivity index (χ0v) is 21.6. The van der Waals surface area contributed by atoms with Crippen molar-refractivity contribution in [3.05, 3.63) is 46.5 Å². The van der Waals surface area contributed by atoms with Crippen LogP contribution in [0.4, 0.5) is 35.1 Å². The minimum atomic E-state index is -5.68. The average molecular weight is 617 g/mol. The third kappa shape index (κ3) is 6.89. The van der Waals surface area contributed by atoms with Gasteiger partial charge in [0.25, 0.3) is 0 Å². The quantitative estimate of drug-likeness (QED) is 0.232. The van der Waals surface area contributed by atoms with Gasteiger partial charge in [0, 0.05) is 18.6 Å². The molecule has 0 aromatic heterocycles. The molecule has 0 amide bonds. The van der Waals surface area contributed by atoms with Crippen LogP contribution in [0, 0.1) is 46.5 Å². The van der Waals surface area contributed by atoms with Gasteiger partial charge < -0.3 is 9.47 Å². The number of hydrogen-bond donors (Lipinski definition) is 2. The van der Waals surface area contributed by atoms with E-state index in [1.165, 1.54) is 4.90 Å². The van der Waals surface area contributed by atoms with Gasteiger partial charge in [-0.2, -0.15) is 34.4 Å². The summed E-state index contributed by atoms with van der Waals surface area (Å²) in [6.07, 6.45) is 0. The normalized spacial score (nSPS) is 12.8. The van der Waals surface area contributed by atoms with Crippen LogP contribution >= 0.6 is 0 Å². The van der Waals surface area contributed by atoms with Gasteiger partial charge in [-0.25, -0.2) is 17.6 Å². The van der Waals surface area contributed by atoms with E-state index in [0.717, 1.165) is 0 Å². The molecule has 0 saturated heterocycles. The zero-order valence-electron chi connectivity index (χ0n) is 20.0. The predicted molar refractivity (Wildman–Crippen MR) is 114 cm³/mol. The summed E-state index contributed by atoms with van der Waals surface area (Å²) in [6, 6.07) is 0. The molecule has 2 N–H and O–H groups in total. The Morgan fingerprint density at radius 3 is 1.05 bits per heavy atom. The van der Waals surface area contributed by atoms with Crippen molar-refractivity contribution >= 4 is 20.2 Å². The minimum Gasteiger partial charge on any atom is -0.486 e. The van der Waals surface area contributed by atoms with Crippen LogP contribution in [0.15, 0.2) is 9.79 Å². The lowest BCUT2D eigenvalue weighted by molar-refractivity contribution is 0.0887. The van der Waals surface area contributed by atoms with Gasteiger partial charge >= 0.3 is 20.2 Å². The molecule has 0 saturated carbocycles. The Balaban J connectivity index is 2.21. The molecule has 0 fully saturated rings. The first-order valence-corrected chi connectivity index (χ1v) is 13.2. The number of halogens is 8. The molecule has 19 heteroatoms. The summed E-state index contributed by atoms with van der Waals surface area (Å²) in [7, 11) is -11.4. The Labute approximate surface area is 216 Å². The summed E-state index contributed by atoms with van der Waals surface area (Å²) in [5.41, 5.74) is -0.877. The Bertz CT molecular complexity index is 1330. The first-order chi connectivity index (χ1) is 17.6. The fraction of sp³-hybridized carbons (Fsp3) is 0.400. The SMILES string of the molecule is CC(C)(C)N(CCOc1c(F)c(F)c(S(=O)(=O)O)c(F)c1F)CCOc1c(F)c(F)c(S(=O)(=O)O)c(F)c1F. The van der Waals surface area contributed by atoms with Gasteiger partial charge in [0.2, 0.25) is 23.3 Å². The van der Waals surface area contributed by atoms with Crippen LogP contribution in [-0.4, -0.2) is 62.7 Å². The van der Waals surface area contributed by atoms with E-state index < -0.39 is 107 Å². The molecule has 0 spiro atoms. The highest BCUT2D eigenvalue weighted by Gasteiger charge is 2.35. The van der Waals surface area contributed by atoms with E-state index in [1.807, 2.05) is 0 Å². The molecule has 39 heavy (non-hydrogen) atoms. The second-order valence-electron chi connectivity index (χ2n) is 8.63. The van der Waals surface area contributed by atoms with Crippen molar-refractivity contribution in [2.24, 2.45) is 0 Å². The Hall–Kier alpha value is -2.74. The summed E-state index contributed by atoms with van der Waals surface area (Å²) in [5.74, 6) is -22.2. The number of rotatable bonds is 10. The molecule has 0 aliphatic rings. The average Bonchev–Trinajstić information content (AvgIpc) is 2.77. The summed E-state index contributed by atoms with van der Waals surface area (Å²) in [5, 5.41) is 0. The Morgan fingerprint density at radius 1 is 0.590 bits per heavy atom. The molecule has 0 aliphatic heterocycles. The number of ether oxygens (including phenoxy) is 2. The maximum atomic E-state index is 14.1. The van der Waals surface area contributed by atoms with Crippen LogP contribution in [0.5, 0.6) is 11.5 Å². The molecule has 220 valence electrons. The molecule has 2 aromatic rings. The van der Waals surface area contributed by atoms with Crippen LogP contribution in [0.3, 0.4) is 0 Å². The van der Waals surface area contributed by atoms with Crippen LogP contribution in [0.2, 0.25) is 0 Å². The number of benzene rings is 2. The third-order valence-corrected chi connectivity index (χ3v) is 6.79. The van der Waals surface area contributed by atoms with Gasteiger partial charge in [0.05, 0.1) is 0 Å². The van der Waals surface area contributed by atoms with Crippen LogP contribution in [-0.2, 0) is 20.2 Å². The van der Waals surface area contributed by atoms with E-state index >= 15 is 0 Å². The summed E-state index contributed by atoms with van der Waals surface area (Å²) in [6.45, 7) is 2.50. The van der Waals surface area contributed by atoms with Crippen LogP contribution < -0.4 is 9.47 Å².